The van der Waals surface area contributed by atoms with Crippen molar-refractivity contribution in [1.29, 1.82) is 0 Å². The molecule has 3 nitrogen and oxygen atoms in total. The summed E-state index contributed by atoms with van der Waals surface area (Å²) in [4.78, 5) is 14.8. The second kappa shape index (κ2) is 5.84. The van der Waals surface area contributed by atoms with E-state index in [0.29, 0.717) is 6.54 Å². The maximum atomic E-state index is 13.0. The zero-order valence-corrected chi connectivity index (χ0v) is 13.3. The molecule has 1 unspecified atom stereocenters. The maximum Gasteiger partial charge on any atom is 0.258 e. The number of benzene rings is 2. The van der Waals surface area contributed by atoms with E-state index in [-0.39, 0.29) is 12.0 Å². The summed E-state index contributed by atoms with van der Waals surface area (Å²) in [7, 11) is 0. The summed E-state index contributed by atoms with van der Waals surface area (Å²) in [6, 6.07) is 13.6. The summed E-state index contributed by atoms with van der Waals surface area (Å²) < 4.78 is 5.95. The largest absolute Gasteiger partial charge is 0.486 e. The number of amides is 1. The molecule has 0 fully saturated rings. The van der Waals surface area contributed by atoms with E-state index < -0.39 is 0 Å². The lowest BCUT2D eigenvalue weighted by molar-refractivity contribution is 0.0954. The van der Waals surface area contributed by atoms with E-state index in [1.54, 1.807) is 0 Å². The van der Waals surface area contributed by atoms with Gasteiger partial charge in [0.1, 0.15) is 11.9 Å². The quantitative estimate of drug-likeness (QED) is 0.834. The van der Waals surface area contributed by atoms with Gasteiger partial charge in [0, 0.05) is 5.56 Å². The van der Waals surface area contributed by atoms with Gasteiger partial charge in [0.25, 0.3) is 5.91 Å². The number of aryl methyl sites for hydroxylation is 2. The fraction of sp³-hybridized carbons (Fsp3) is 0.316. The molecule has 3 heteroatoms. The van der Waals surface area contributed by atoms with E-state index in [1.165, 1.54) is 5.56 Å². The van der Waals surface area contributed by atoms with Gasteiger partial charge in [-0.2, -0.15) is 0 Å². The first kappa shape index (κ1) is 14.6. The summed E-state index contributed by atoms with van der Waals surface area (Å²) >= 11 is 0. The van der Waals surface area contributed by atoms with E-state index in [4.69, 9.17) is 4.74 Å². The molecule has 3 rings (SSSR count). The van der Waals surface area contributed by atoms with Crippen molar-refractivity contribution < 1.29 is 9.53 Å². The van der Waals surface area contributed by atoms with Crippen LogP contribution in [0.1, 0.15) is 34.8 Å². The summed E-state index contributed by atoms with van der Waals surface area (Å²) in [6.45, 7) is 6.77. The van der Waals surface area contributed by atoms with Crippen LogP contribution in [-0.2, 0) is 0 Å². The highest BCUT2D eigenvalue weighted by molar-refractivity contribution is 6.07. The first-order chi connectivity index (χ1) is 10.6. The minimum Gasteiger partial charge on any atom is -0.486 e. The maximum absolute atomic E-state index is 13.0. The van der Waals surface area contributed by atoms with Crippen molar-refractivity contribution in [3.05, 3.63) is 59.2 Å². The Hall–Kier alpha value is -2.29. The topological polar surface area (TPSA) is 29.5 Å². The predicted molar refractivity (Wildman–Crippen MR) is 88.7 cm³/mol. The summed E-state index contributed by atoms with van der Waals surface area (Å²) in [5, 5.41) is 0. The molecule has 2 aromatic carbocycles. The highest BCUT2D eigenvalue weighted by Crippen LogP contribution is 2.34. The van der Waals surface area contributed by atoms with E-state index in [1.807, 2.05) is 54.3 Å². The van der Waals surface area contributed by atoms with E-state index in [0.717, 1.165) is 29.0 Å². The van der Waals surface area contributed by atoms with Crippen LogP contribution in [0.5, 0.6) is 5.75 Å². The molecule has 0 aliphatic carbocycles. The summed E-state index contributed by atoms with van der Waals surface area (Å²) in [5.41, 5.74) is 3.93. The van der Waals surface area contributed by atoms with Gasteiger partial charge in [-0.3, -0.25) is 4.79 Å². The molecule has 0 saturated heterocycles. The predicted octanol–water partition coefficient (Wildman–Crippen LogP) is 4.12. The molecule has 0 radical (unpaired) electrons. The van der Waals surface area contributed by atoms with Gasteiger partial charge in [0.05, 0.1) is 12.2 Å². The SMILES string of the molecule is CCC1CN(C(=O)c2ccc(C)c(C)c2)c2ccccc2O1. The lowest BCUT2D eigenvalue weighted by Gasteiger charge is -2.34. The van der Waals surface area contributed by atoms with Crippen LogP contribution in [0, 0.1) is 13.8 Å². The highest BCUT2D eigenvalue weighted by Gasteiger charge is 2.29. The standard InChI is InChI=1S/C19H21NO2/c1-4-16-12-20(17-7-5-6-8-18(17)22-16)19(21)15-10-9-13(2)14(3)11-15/h5-11,16H,4,12H2,1-3H3. The number of hydrogen-bond donors (Lipinski definition) is 0. The lowest BCUT2D eigenvalue weighted by atomic mass is 10.0. The first-order valence-corrected chi connectivity index (χ1v) is 7.75. The molecule has 0 spiro atoms. The molecule has 0 bridgehead atoms. The van der Waals surface area contributed by atoms with Crippen molar-refractivity contribution in [1.82, 2.24) is 0 Å². The molecule has 2 aromatic rings. The van der Waals surface area contributed by atoms with Crippen molar-refractivity contribution in [2.24, 2.45) is 0 Å². The van der Waals surface area contributed by atoms with E-state index in [2.05, 4.69) is 13.8 Å². The van der Waals surface area contributed by atoms with Crippen LogP contribution in [-0.4, -0.2) is 18.6 Å². The van der Waals surface area contributed by atoms with Gasteiger partial charge in [-0.15, -0.1) is 0 Å². The van der Waals surface area contributed by atoms with Crippen LogP contribution >= 0.6 is 0 Å². The normalized spacial score (nSPS) is 16.9. The third-order valence-corrected chi connectivity index (χ3v) is 4.29. The molecule has 0 N–H and O–H groups in total. The Morgan fingerprint density at radius 2 is 1.95 bits per heavy atom. The van der Waals surface area contributed by atoms with E-state index in [9.17, 15) is 4.79 Å². The second-order valence-corrected chi connectivity index (χ2v) is 5.83. The van der Waals surface area contributed by atoms with Gasteiger partial charge < -0.3 is 9.64 Å². The molecule has 114 valence electrons. The number of ether oxygens (including phenoxy) is 1. The van der Waals surface area contributed by atoms with Crippen molar-refractivity contribution in [2.45, 2.75) is 33.3 Å². The van der Waals surface area contributed by atoms with Gasteiger partial charge in [0.15, 0.2) is 0 Å². The second-order valence-electron chi connectivity index (χ2n) is 5.83. The van der Waals surface area contributed by atoms with Crippen LogP contribution in [0.15, 0.2) is 42.5 Å². The average Bonchev–Trinajstić information content (AvgIpc) is 2.55. The summed E-state index contributed by atoms with van der Waals surface area (Å²) in [5.74, 6) is 0.829. The van der Waals surface area contributed by atoms with Crippen LogP contribution in [0.2, 0.25) is 0 Å². The number of nitrogens with zero attached hydrogens (tertiary/aromatic N) is 1. The Balaban J connectivity index is 1.99. The van der Waals surface area contributed by atoms with Crippen LogP contribution in [0.3, 0.4) is 0 Å². The Morgan fingerprint density at radius 3 is 2.68 bits per heavy atom. The Morgan fingerprint density at radius 1 is 1.18 bits per heavy atom. The molecule has 1 atom stereocenters. The fourth-order valence-corrected chi connectivity index (χ4v) is 2.73. The third-order valence-electron chi connectivity index (χ3n) is 4.29. The molecule has 22 heavy (non-hydrogen) atoms. The third kappa shape index (κ3) is 2.59. The van der Waals surface area contributed by atoms with Gasteiger partial charge in [-0.05, 0) is 55.7 Å². The number of anilines is 1. The molecule has 0 saturated carbocycles. The average molecular weight is 295 g/mol. The molecule has 1 aliphatic rings. The van der Waals surface area contributed by atoms with Crippen LogP contribution in [0.4, 0.5) is 5.69 Å². The minimum atomic E-state index is 0.0392. The monoisotopic (exact) mass is 295 g/mol. The number of carbonyl (C=O) groups excluding carboxylic acids is 1. The Labute approximate surface area is 131 Å². The Kier molecular flexibility index (Phi) is 3.88. The summed E-state index contributed by atoms with van der Waals surface area (Å²) in [6.07, 6.45) is 0.927. The molecular weight excluding hydrogens is 274 g/mol. The molecule has 0 aromatic heterocycles. The van der Waals surface area contributed by atoms with Gasteiger partial charge in [-0.25, -0.2) is 0 Å². The van der Waals surface area contributed by atoms with Crippen molar-refractivity contribution in [3.63, 3.8) is 0 Å². The molecule has 1 amide bonds. The smallest absolute Gasteiger partial charge is 0.258 e. The molecule has 1 heterocycles. The molecular formula is C19H21NO2. The number of para-hydroxylation sites is 2. The van der Waals surface area contributed by atoms with Crippen molar-refractivity contribution in [2.75, 3.05) is 11.4 Å². The number of carbonyl (C=O) groups is 1. The number of rotatable bonds is 2. The van der Waals surface area contributed by atoms with Crippen LogP contribution in [0.25, 0.3) is 0 Å². The zero-order chi connectivity index (χ0) is 15.7. The Bertz CT molecular complexity index is 708. The van der Waals surface area contributed by atoms with Gasteiger partial charge in [0.2, 0.25) is 0 Å². The van der Waals surface area contributed by atoms with Gasteiger partial charge >= 0.3 is 0 Å². The van der Waals surface area contributed by atoms with Crippen molar-refractivity contribution in [3.8, 4) is 5.75 Å². The number of fused-ring (bicyclic) bond motifs is 1. The van der Waals surface area contributed by atoms with Crippen molar-refractivity contribution >= 4 is 11.6 Å². The first-order valence-electron chi connectivity index (χ1n) is 7.75. The zero-order valence-electron chi connectivity index (χ0n) is 13.3. The fourth-order valence-electron chi connectivity index (χ4n) is 2.73. The minimum absolute atomic E-state index is 0.0392. The molecule has 1 aliphatic heterocycles. The van der Waals surface area contributed by atoms with Crippen LogP contribution < -0.4 is 9.64 Å². The van der Waals surface area contributed by atoms with Gasteiger partial charge in [-0.1, -0.05) is 25.1 Å². The lowest BCUT2D eigenvalue weighted by Crippen LogP contribution is -2.43. The number of hydrogen-bond acceptors (Lipinski definition) is 2. The highest BCUT2D eigenvalue weighted by atomic mass is 16.5. The van der Waals surface area contributed by atoms with E-state index >= 15 is 0 Å².